The third-order valence-corrected chi connectivity index (χ3v) is 2.82. The van der Waals surface area contributed by atoms with Crippen LogP contribution in [0.4, 0.5) is 4.39 Å². The summed E-state index contributed by atoms with van der Waals surface area (Å²) in [5.74, 6) is -0.668. The van der Waals surface area contributed by atoms with Crippen molar-refractivity contribution in [1.82, 2.24) is 9.78 Å². The number of benzene rings is 1. The smallest absolute Gasteiger partial charge is 0.341 e. The van der Waals surface area contributed by atoms with Crippen molar-refractivity contribution in [2.45, 2.75) is 20.4 Å². The van der Waals surface area contributed by atoms with E-state index in [-0.39, 0.29) is 11.8 Å². The lowest BCUT2D eigenvalue weighted by Crippen LogP contribution is -2.08. The predicted octanol–water partition coefficient (Wildman–Crippen LogP) is 2.56. The first kappa shape index (κ1) is 13.3. The van der Waals surface area contributed by atoms with E-state index in [1.807, 2.05) is 6.07 Å². The predicted molar refractivity (Wildman–Crippen MR) is 68.4 cm³/mol. The van der Waals surface area contributed by atoms with Crippen molar-refractivity contribution in [2.75, 3.05) is 6.61 Å². The molecule has 0 spiro atoms. The van der Waals surface area contributed by atoms with Crippen molar-refractivity contribution >= 4 is 5.97 Å². The van der Waals surface area contributed by atoms with Crippen LogP contribution < -0.4 is 0 Å². The summed E-state index contributed by atoms with van der Waals surface area (Å²) in [7, 11) is 0. The summed E-state index contributed by atoms with van der Waals surface area (Å²) in [6, 6.07) is 6.30. The molecule has 0 aliphatic rings. The summed E-state index contributed by atoms with van der Waals surface area (Å²) >= 11 is 0. The zero-order chi connectivity index (χ0) is 13.8. The van der Waals surface area contributed by atoms with Crippen molar-refractivity contribution in [2.24, 2.45) is 0 Å². The average Bonchev–Trinajstić information content (AvgIpc) is 2.71. The Balaban J connectivity index is 2.20. The molecule has 2 rings (SSSR count). The Bertz CT molecular complexity index is 593. The number of carbonyl (C=O) groups is 1. The molecule has 5 heteroatoms. The summed E-state index contributed by atoms with van der Waals surface area (Å²) in [6.45, 7) is 4.29. The van der Waals surface area contributed by atoms with Gasteiger partial charge in [0, 0.05) is 0 Å². The van der Waals surface area contributed by atoms with E-state index in [1.54, 1.807) is 24.6 Å². The van der Waals surface area contributed by atoms with Crippen LogP contribution in [0.3, 0.4) is 0 Å². The van der Waals surface area contributed by atoms with Crippen LogP contribution in [0.1, 0.15) is 28.5 Å². The zero-order valence-corrected chi connectivity index (χ0v) is 10.9. The summed E-state index contributed by atoms with van der Waals surface area (Å²) < 4.78 is 19.7. The van der Waals surface area contributed by atoms with Gasteiger partial charge in [-0.15, -0.1) is 0 Å². The number of esters is 1. The van der Waals surface area contributed by atoms with E-state index in [1.165, 1.54) is 18.3 Å². The number of hydrogen-bond acceptors (Lipinski definition) is 3. The van der Waals surface area contributed by atoms with Gasteiger partial charge in [-0.3, -0.25) is 4.68 Å². The summed E-state index contributed by atoms with van der Waals surface area (Å²) in [5, 5.41) is 4.14. The molecule has 0 aliphatic carbocycles. The number of nitrogens with zero attached hydrogens (tertiary/aromatic N) is 2. The van der Waals surface area contributed by atoms with Gasteiger partial charge in [-0.25, -0.2) is 9.18 Å². The molecule has 0 saturated carbocycles. The fraction of sp³-hybridized carbons (Fsp3) is 0.286. The summed E-state index contributed by atoms with van der Waals surface area (Å²) in [4.78, 5) is 11.6. The van der Waals surface area contributed by atoms with Crippen LogP contribution in [0, 0.1) is 12.7 Å². The van der Waals surface area contributed by atoms with E-state index >= 15 is 0 Å². The minimum Gasteiger partial charge on any atom is -0.462 e. The van der Waals surface area contributed by atoms with Gasteiger partial charge >= 0.3 is 5.97 Å². The highest BCUT2D eigenvalue weighted by atomic mass is 19.1. The number of hydrogen-bond donors (Lipinski definition) is 0. The van der Waals surface area contributed by atoms with Gasteiger partial charge < -0.3 is 4.74 Å². The van der Waals surface area contributed by atoms with Gasteiger partial charge in [0.15, 0.2) is 0 Å². The van der Waals surface area contributed by atoms with E-state index in [4.69, 9.17) is 4.74 Å². The Morgan fingerprint density at radius 1 is 1.47 bits per heavy atom. The van der Waals surface area contributed by atoms with E-state index in [9.17, 15) is 9.18 Å². The molecule has 0 N–H and O–H groups in total. The number of rotatable bonds is 4. The molecule has 0 amide bonds. The van der Waals surface area contributed by atoms with Crippen molar-refractivity contribution < 1.29 is 13.9 Å². The van der Waals surface area contributed by atoms with Crippen LogP contribution in [-0.2, 0) is 11.3 Å². The second kappa shape index (κ2) is 5.65. The molecule has 0 fully saturated rings. The largest absolute Gasteiger partial charge is 0.462 e. The topological polar surface area (TPSA) is 44.1 Å². The van der Waals surface area contributed by atoms with Gasteiger partial charge in [-0.05, 0) is 31.5 Å². The van der Waals surface area contributed by atoms with E-state index in [0.29, 0.717) is 24.4 Å². The maximum absolute atomic E-state index is 13.1. The molecule has 0 aliphatic heterocycles. The van der Waals surface area contributed by atoms with E-state index in [2.05, 4.69) is 5.10 Å². The standard InChI is InChI=1S/C14H15FN2O2/c1-3-19-14(18)13-8-16-17(10(13)2)9-11-5-4-6-12(15)7-11/h4-8H,3,9H2,1-2H3. The molecule has 0 atom stereocenters. The molecule has 0 saturated heterocycles. The maximum Gasteiger partial charge on any atom is 0.341 e. The molecular weight excluding hydrogens is 247 g/mol. The number of ether oxygens (including phenoxy) is 1. The third-order valence-electron chi connectivity index (χ3n) is 2.82. The van der Waals surface area contributed by atoms with Crippen molar-refractivity contribution in [3.8, 4) is 0 Å². The first-order chi connectivity index (χ1) is 9.11. The van der Waals surface area contributed by atoms with Gasteiger partial charge in [0.2, 0.25) is 0 Å². The first-order valence-corrected chi connectivity index (χ1v) is 6.05. The summed E-state index contributed by atoms with van der Waals surface area (Å²) in [6.07, 6.45) is 1.48. The number of carbonyl (C=O) groups excluding carboxylic acids is 1. The van der Waals surface area contributed by atoms with Gasteiger partial charge in [0.1, 0.15) is 11.4 Å². The van der Waals surface area contributed by atoms with Crippen LogP contribution >= 0.6 is 0 Å². The molecule has 0 bridgehead atoms. The van der Waals surface area contributed by atoms with Crippen LogP contribution in [0.15, 0.2) is 30.5 Å². The molecule has 19 heavy (non-hydrogen) atoms. The fourth-order valence-corrected chi connectivity index (χ4v) is 1.82. The lowest BCUT2D eigenvalue weighted by atomic mass is 10.2. The Kier molecular flexibility index (Phi) is 3.94. The highest BCUT2D eigenvalue weighted by Gasteiger charge is 2.15. The molecule has 0 unspecified atom stereocenters. The van der Waals surface area contributed by atoms with Gasteiger partial charge in [0.05, 0.1) is 25.0 Å². The fourth-order valence-electron chi connectivity index (χ4n) is 1.82. The monoisotopic (exact) mass is 262 g/mol. The number of halogens is 1. The van der Waals surface area contributed by atoms with Crippen molar-refractivity contribution in [1.29, 1.82) is 0 Å². The minimum atomic E-state index is -0.384. The van der Waals surface area contributed by atoms with Crippen LogP contribution in [-0.4, -0.2) is 22.4 Å². The molecule has 2 aromatic rings. The minimum absolute atomic E-state index is 0.284. The van der Waals surface area contributed by atoms with E-state index in [0.717, 1.165) is 5.56 Å². The Morgan fingerprint density at radius 3 is 2.95 bits per heavy atom. The Hall–Kier alpha value is -2.17. The highest BCUT2D eigenvalue weighted by Crippen LogP contribution is 2.12. The normalized spacial score (nSPS) is 10.5. The quantitative estimate of drug-likeness (QED) is 0.795. The van der Waals surface area contributed by atoms with Gasteiger partial charge in [0.25, 0.3) is 0 Å². The van der Waals surface area contributed by atoms with E-state index < -0.39 is 0 Å². The van der Waals surface area contributed by atoms with Crippen molar-refractivity contribution in [3.63, 3.8) is 0 Å². The van der Waals surface area contributed by atoms with Gasteiger partial charge in [-0.2, -0.15) is 5.10 Å². The second-order valence-electron chi connectivity index (χ2n) is 4.15. The van der Waals surface area contributed by atoms with Crippen LogP contribution in [0.2, 0.25) is 0 Å². The first-order valence-electron chi connectivity index (χ1n) is 6.05. The third kappa shape index (κ3) is 2.99. The highest BCUT2D eigenvalue weighted by molar-refractivity contribution is 5.90. The lowest BCUT2D eigenvalue weighted by molar-refractivity contribution is 0.0525. The second-order valence-corrected chi connectivity index (χ2v) is 4.15. The van der Waals surface area contributed by atoms with Crippen LogP contribution in [0.25, 0.3) is 0 Å². The Morgan fingerprint density at radius 2 is 2.26 bits per heavy atom. The van der Waals surface area contributed by atoms with Crippen molar-refractivity contribution in [3.05, 3.63) is 53.1 Å². The molecular formula is C14H15FN2O2. The molecule has 100 valence electrons. The molecule has 1 heterocycles. The molecule has 4 nitrogen and oxygen atoms in total. The Labute approximate surface area is 110 Å². The van der Waals surface area contributed by atoms with Crippen LogP contribution in [0.5, 0.6) is 0 Å². The number of aromatic nitrogens is 2. The molecule has 1 aromatic carbocycles. The SMILES string of the molecule is CCOC(=O)c1cnn(Cc2cccc(F)c2)c1C. The summed E-state index contributed by atoms with van der Waals surface area (Å²) in [5.41, 5.74) is 1.95. The molecule has 1 aromatic heterocycles. The molecule has 0 radical (unpaired) electrons. The maximum atomic E-state index is 13.1. The lowest BCUT2D eigenvalue weighted by Gasteiger charge is -2.06. The average molecular weight is 262 g/mol. The van der Waals surface area contributed by atoms with Gasteiger partial charge in [-0.1, -0.05) is 12.1 Å². The zero-order valence-electron chi connectivity index (χ0n) is 10.9.